The van der Waals surface area contributed by atoms with Crippen LogP contribution >= 0.6 is 0 Å². The van der Waals surface area contributed by atoms with Gasteiger partial charge in [0.25, 0.3) is 11.5 Å². The first-order chi connectivity index (χ1) is 15.9. The number of halogens is 1. The molecule has 2 N–H and O–H groups in total. The molecule has 1 aromatic heterocycles. The first kappa shape index (κ1) is 22.1. The van der Waals surface area contributed by atoms with Crippen LogP contribution in [0, 0.1) is 5.82 Å². The third-order valence-electron chi connectivity index (χ3n) is 5.35. The number of hydrogen-bond donors (Lipinski definition) is 2. The zero-order valence-corrected chi connectivity index (χ0v) is 18.6. The number of aromatic nitrogens is 2. The lowest BCUT2D eigenvalue weighted by Gasteiger charge is -2.10. The van der Waals surface area contributed by atoms with Gasteiger partial charge < -0.3 is 10.1 Å². The molecule has 7 heteroatoms. The molecule has 0 spiro atoms. The summed E-state index contributed by atoms with van der Waals surface area (Å²) in [6, 6.07) is 19.9. The first-order valence-electron chi connectivity index (χ1n) is 10.5. The van der Waals surface area contributed by atoms with Crippen molar-refractivity contribution < 1.29 is 13.9 Å². The van der Waals surface area contributed by atoms with Gasteiger partial charge in [0.15, 0.2) is 0 Å². The summed E-state index contributed by atoms with van der Waals surface area (Å²) in [6.45, 7) is 3.96. The fourth-order valence-corrected chi connectivity index (χ4v) is 3.70. The van der Waals surface area contributed by atoms with Crippen LogP contribution in [0.15, 0.2) is 77.6 Å². The van der Waals surface area contributed by atoms with Crippen molar-refractivity contribution in [3.05, 3.63) is 100 Å². The minimum Gasteiger partial charge on any atom is -0.496 e. The number of rotatable bonds is 6. The number of amides is 1. The van der Waals surface area contributed by atoms with Crippen LogP contribution in [-0.2, 0) is 0 Å². The molecule has 4 aromatic rings. The smallest absolute Gasteiger partial charge is 0.279 e. The molecule has 0 aliphatic heterocycles. The Bertz CT molecular complexity index is 1350. The quantitative estimate of drug-likeness (QED) is 0.420. The third-order valence-corrected chi connectivity index (χ3v) is 5.35. The van der Waals surface area contributed by atoms with Crippen LogP contribution in [0.4, 0.5) is 10.1 Å². The van der Waals surface area contributed by atoms with Crippen molar-refractivity contribution in [3.63, 3.8) is 0 Å². The Morgan fingerprint density at radius 2 is 1.76 bits per heavy atom. The Balaban J connectivity index is 1.66. The molecule has 33 heavy (non-hydrogen) atoms. The molecule has 0 saturated carbocycles. The first-order valence-corrected chi connectivity index (χ1v) is 10.5. The predicted octanol–water partition coefficient (Wildman–Crippen LogP) is 5.36. The van der Waals surface area contributed by atoms with E-state index in [1.807, 2.05) is 13.8 Å². The van der Waals surface area contributed by atoms with Crippen molar-refractivity contribution in [2.24, 2.45) is 0 Å². The highest BCUT2D eigenvalue weighted by Gasteiger charge is 2.20. The summed E-state index contributed by atoms with van der Waals surface area (Å²) >= 11 is 0. The molecule has 3 aromatic carbocycles. The number of carbonyl (C=O) groups is 1. The fraction of sp³-hybridized carbons (Fsp3) is 0.154. The number of benzene rings is 3. The van der Waals surface area contributed by atoms with Crippen molar-refractivity contribution in [1.29, 1.82) is 0 Å². The maximum Gasteiger partial charge on any atom is 0.279 e. The fourth-order valence-electron chi connectivity index (χ4n) is 3.70. The number of aromatic amines is 1. The van der Waals surface area contributed by atoms with Gasteiger partial charge in [0, 0.05) is 11.4 Å². The Hall–Kier alpha value is -4.13. The van der Waals surface area contributed by atoms with Gasteiger partial charge in [-0.3, -0.25) is 14.7 Å². The molecule has 1 heterocycles. The number of anilines is 1. The second-order valence-electron chi connectivity index (χ2n) is 7.91. The van der Waals surface area contributed by atoms with Gasteiger partial charge in [-0.15, -0.1) is 0 Å². The summed E-state index contributed by atoms with van der Waals surface area (Å²) in [6.07, 6.45) is 0. The maximum absolute atomic E-state index is 13.7. The van der Waals surface area contributed by atoms with E-state index in [0.717, 1.165) is 5.69 Å². The Labute approximate surface area is 190 Å². The van der Waals surface area contributed by atoms with Crippen LogP contribution < -0.4 is 15.6 Å². The van der Waals surface area contributed by atoms with E-state index in [1.54, 1.807) is 60.7 Å². The number of para-hydroxylation sites is 1. The van der Waals surface area contributed by atoms with Crippen LogP contribution in [0.3, 0.4) is 0 Å². The molecule has 1 amide bonds. The van der Waals surface area contributed by atoms with Crippen molar-refractivity contribution >= 4 is 11.6 Å². The topological polar surface area (TPSA) is 76.1 Å². The van der Waals surface area contributed by atoms with E-state index in [0.29, 0.717) is 33.8 Å². The number of carbonyl (C=O) groups excluding carboxylic acids is 1. The van der Waals surface area contributed by atoms with Gasteiger partial charge in [-0.05, 0) is 53.9 Å². The van der Waals surface area contributed by atoms with Crippen LogP contribution in [0.1, 0.15) is 35.8 Å². The van der Waals surface area contributed by atoms with Crippen molar-refractivity contribution in [2.45, 2.75) is 19.8 Å². The molecular weight excluding hydrogens is 421 g/mol. The standard InChI is InChI=1S/C26H24FN3O3/c1-16(2)24-23(26(32)30(29-24)20-8-6-7-18(27)15-20)17-11-13-19(14-12-17)28-25(31)21-9-4-5-10-22(21)33-3/h4-16,29H,1-3H3,(H,28,31). The molecular formula is C26H24FN3O3. The molecule has 0 saturated heterocycles. The highest BCUT2D eigenvalue weighted by Crippen LogP contribution is 2.27. The van der Waals surface area contributed by atoms with Crippen molar-refractivity contribution in [2.75, 3.05) is 12.4 Å². The van der Waals surface area contributed by atoms with Crippen LogP contribution in [-0.4, -0.2) is 22.8 Å². The number of nitrogens with zero attached hydrogens (tertiary/aromatic N) is 1. The molecule has 168 valence electrons. The van der Waals surface area contributed by atoms with Gasteiger partial charge in [0.2, 0.25) is 0 Å². The average Bonchev–Trinajstić information content (AvgIpc) is 3.17. The Morgan fingerprint density at radius 1 is 1.03 bits per heavy atom. The Morgan fingerprint density at radius 3 is 2.42 bits per heavy atom. The summed E-state index contributed by atoms with van der Waals surface area (Å²) in [7, 11) is 1.51. The van der Waals surface area contributed by atoms with Gasteiger partial charge >= 0.3 is 0 Å². The second-order valence-corrected chi connectivity index (χ2v) is 7.91. The lowest BCUT2D eigenvalue weighted by Crippen LogP contribution is -2.16. The molecule has 6 nitrogen and oxygen atoms in total. The lowest BCUT2D eigenvalue weighted by atomic mass is 9.99. The van der Waals surface area contributed by atoms with Gasteiger partial charge in [-0.25, -0.2) is 9.07 Å². The normalized spacial score (nSPS) is 10.9. The van der Waals surface area contributed by atoms with E-state index in [1.165, 1.54) is 23.9 Å². The van der Waals surface area contributed by atoms with E-state index >= 15 is 0 Å². The zero-order chi connectivity index (χ0) is 23.5. The largest absolute Gasteiger partial charge is 0.496 e. The highest BCUT2D eigenvalue weighted by atomic mass is 19.1. The van der Waals surface area contributed by atoms with Crippen LogP contribution in [0.5, 0.6) is 5.75 Å². The highest BCUT2D eigenvalue weighted by molar-refractivity contribution is 6.06. The van der Waals surface area contributed by atoms with E-state index in [9.17, 15) is 14.0 Å². The Kier molecular flexibility index (Phi) is 6.13. The minimum absolute atomic E-state index is 0.0347. The van der Waals surface area contributed by atoms with Gasteiger partial charge in [-0.1, -0.05) is 44.2 Å². The number of hydrogen-bond acceptors (Lipinski definition) is 3. The summed E-state index contributed by atoms with van der Waals surface area (Å²) in [5, 5.41) is 5.98. The molecule has 0 aliphatic carbocycles. The maximum atomic E-state index is 13.7. The van der Waals surface area contributed by atoms with Crippen LogP contribution in [0.25, 0.3) is 16.8 Å². The van der Waals surface area contributed by atoms with Crippen molar-refractivity contribution in [1.82, 2.24) is 9.78 Å². The lowest BCUT2D eigenvalue weighted by molar-refractivity contribution is 0.102. The summed E-state index contributed by atoms with van der Waals surface area (Å²) in [5.41, 5.74) is 3.12. The molecule has 0 bridgehead atoms. The predicted molar refractivity (Wildman–Crippen MR) is 127 cm³/mol. The van der Waals surface area contributed by atoms with Crippen molar-refractivity contribution in [3.8, 4) is 22.6 Å². The molecule has 0 unspecified atom stereocenters. The molecule has 0 atom stereocenters. The summed E-state index contributed by atoms with van der Waals surface area (Å²) < 4.78 is 20.3. The van der Waals surface area contributed by atoms with E-state index in [2.05, 4.69) is 10.4 Å². The number of ether oxygens (including phenoxy) is 1. The second kappa shape index (κ2) is 9.16. The van der Waals surface area contributed by atoms with Crippen LogP contribution in [0.2, 0.25) is 0 Å². The number of methoxy groups -OCH3 is 1. The monoisotopic (exact) mass is 445 g/mol. The summed E-state index contributed by atoms with van der Waals surface area (Å²) in [5.74, 6) is -0.194. The average molecular weight is 445 g/mol. The van der Waals surface area contributed by atoms with Gasteiger partial charge in [0.1, 0.15) is 11.6 Å². The number of H-pyrrole nitrogens is 1. The molecule has 4 rings (SSSR count). The SMILES string of the molecule is COc1ccccc1C(=O)Nc1ccc(-c2c(C(C)C)[nH]n(-c3cccc(F)c3)c2=O)cc1. The van der Waals surface area contributed by atoms with E-state index in [-0.39, 0.29) is 17.4 Å². The van der Waals surface area contributed by atoms with Gasteiger partial charge in [-0.2, -0.15) is 0 Å². The number of nitrogens with one attached hydrogen (secondary N) is 2. The zero-order valence-electron chi connectivity index (χ0n) is 18.6. The van der Waals surface area contributed by atoms with Gasteiger partial charge in [0.05, 0.1) is 23.9 Å². The molecule has 0 fully saturated rings. The minimum atomic E-state index is -0.420. The molecule has 0 aliphatic rings. The van der Waals surface area contributed by atoms with E-state index < -0.39 is 5.82 Å². The summed E-state index contributed by atoms with van der Waals surface area (Å²) in [4.78, 5) is 25.9. The van der Waals surface area contributed by atoms with E-state index in [4.69, 9.17) is 4.74 Å². The third kappa shape index (κ3) is 4.43. The molecule has 0 radical (unpaired) electrons.